The van der Waals surface area contributed by atoms with Gasteiger partial charge in [0.15, 0.2) is 0 Å². The highest BCUT2D eigenvalue weighted by Crippen LogP contribution is 2.67. The van der Waals surface area contributed by atoms with E-state index >= 15 is 0 Å². The second-order valence-electron chi connectivity index (χ2n) is 13.5. The van der Waals surface area contributed by atoms with Crippen molar-refractivity contribution >= 4 is 35.2 Å². The summed E-state index contributed by atoms with van der Waals surface area (Å²) in [5.74, 6) is -1.41. The Balaban J connectivity index is 1.76. The number of hydrogen-bond acceptors (Lipinski definition) is 5. The lowest BCUT2D eigenvalue weighted by Gasteiger charge is -2.46. The molecule has 1 aromatic rings. The molecule has 7 nitrogen and oxygen atoms in total. The molecule has 1 N–H and O–H groups in total. The average Bonchev–Trinajstić information content (AvgIpc) is 3.54. The quantitative estimate of drug-likeness (QED) is 0.355. The summed E-state index contributed by atoms with van der Waals surface area (Å²) in [7, 11) is 0. The fraction of sp³-hybridized carbons (Fsp3) is 0.606. The highest BCUT2D eigenvalue weighted by molar-refractivity contribution is 8.02. The van der Waals surface area contributed by atoms with Crippen LogP contribution in [0.25, 0.3) is 0 Å². The van der Waals surface area contributed by atoms with Crippen LogP contribution in [0, 0.1) is 17.3 Å². The van der Waals surface area contributed by atoms with E-state index < -0.39 is 28.2 Å². The Kier molecular flexibility index (Phi) is 9.15. The molecule has 1 aromatic carbocycles. The molecule has 0 radical (unpaired) electrons. The van der Waals surface area contributed by atoms with E-state index in [1.165, 1.54) is 0 Å². The first-order chi connectivity index (χ1) is 19.3. The molecular weight excluding hydrogens is 534 g/mol. The number of anilines is 1. The van der Waals surface area contributed by atoms with Gasteiger partial charge >= 0.3 is 0 Å². The molecule has 0 aromatic heterocycles. The summed E-state index contributed by atoms with van der Waals surface area (Å²) in [6, 6.07) is 8.82. The predicted molar refractivity (Wildman–Crippen MR) is 167 cm³/mol. The standard InChI is InChI=1S/C33H47N3O4S/c1-8-18-34(23-14-11-10-12-15-23)28(38)25-24-16-17-33(41-24)26(25)29(39)35(20-13-21-37)27(33)30(40)36(19-9-2)32(6,7)22-31(3,4)5/h8-12,14-15,24-27,37H,1-2,13,16-22H2,3-7H3/t24-,25+,26+,27?,33?/m1/s1. The molecule has 3 aliphatic rings. The average molecular weight is 582 g/mol. The number of hydrogen-bond donors (Lipinski definition) is 1. The van der Waals surface area contributed by atoms with E-state index in [1.54, 1.807) is 33.7 Å². The summed E-state index contributed by atoms with van der Waals surface area (Å²) in [6.07, 6.45) is 6.12. The highest BCUT2D eigenvalue weighted by atomic mass is 32.2. The molecular formula is C33H47N3O4S. The molecule has 224 valence electrons. The zero-order chi connectivity index (χ0) is 30.2. The Morgan fingerprint density at radius 1 is 1.10 bits per heavy atom. The van der Waals surface area contributed by atoms with Gasteiger partial charge in [0.25, 0.3) is 0 Å². The number of aliphatic hydroxyl groups is 1. The largest absolute Gasteiger partial charge is 0.396 e. The van der Waals surface area contributed by atoms with Crippen LogP contribution in [0.4, 0.5) is 5.69 Å². The SMILES string of the molecule is C=CCN(C(=O)[C@@H]1[C@H]2C(=O)N(CCCO)C(C(=O)N(CC=C)C(C)(C)CC(C)(C)C)C23CC[C@H]1S3)c1ccccc1. The van der Waals surface area contributed by atoms with Crippen molar-refractivity contribution in [2.24, 2.45) is 17.3 Å². The third kappa shape index (κ3) is 5.74. The first-order valence-electron chi connectivity index (χ1n) is 14.8. The fourth-order valence-electron chi connectivity index (χ4n) is 7.74. The van der Waals surface area contributed by atoms with Crippen LogP contribution >= 0.6 is 11.8 Å². The number of benzene rings is 1. The van der Waals surface area contributed by atoms with Gasteiger partial charge in [0.2, 0.25) is 17.7 Å². The second-order valence-corrected chi connectivity index (χ2v) is 15.1. The number of aliphatic hydroxyl groups excluding tert-OH is 1. The van der Waals surface area contributed by atoms with Crippen LogP contribution in [0.1, 0.15) is 60.3 Å². The van der Waals surface area contributed by atoms with E-state index in [1.807, 2.05) is 35.2 Å². The number of carbonyl (C=O) groups excluding carboxylic acids is 3. The van der Waals surface area contributed by atoms with Crippen molar-refractivity contribution in [3.63, 3.8) is 0 Å². The van der Waals surface area contributed by atoms with Gasteiger partial charge < -0.3 is 19.8 Å². The minimum Gasteiger partial charge on any atom is -0.396 e. The molecule has 3 saturated heterocycles. The number of likely N-dealkylation sites (tertiary alicyclic amines) is 1. The maximum Gasteiger partial charge on any atom is 0.247 e. The summed E-state index contributed by atoms with van der Waals surface area (Å²) in [5, 5.41) is 9.67. The van der Waals surface area contributed by atoms with Crippen LogP contribution in [-0.2, 0) is 14.4 Å². The maximum absolute atomic E-state index is 14.7. The third-order valence-electron chi connectivity index (χ3n) is 8.79. The number of nitrogens with zero attached hydrogens (tertiary/aromatic N) is 3. The normalized spacial score (nSPS) is 27.1. The Morgan fingerprint density at radius 3 is 2.34 bits per heavy atom. The van der Waals surface area contributed by atoms with Crippen molar-refractivity contribution in [2.75, 3.05) is 31.1 Å². The Hall–Kier alpha value is -2.58. The summed E-state index contributed by atoms with van der Waals surface area (Å²) >= 11 is 1.68. The molecule has 3 fully saturated rings. The maximum atomic E-state index is 14.7. The second kappa shape index (κ2) is 12.0. The Labute approximate surface area is 250 Å². The van der Waals surface area contributed by atoms with Crippen molar-refractivity contribution in [1.29, 1.82) is 0 Å². The van der Waals surface area contributed by atoms with Gasteiger partial charge in [0.05, 0.1) is 16.6 Å². The van der Waals surface area contributed by atoms with E-state index in [0.717, 1.165) is 18.5 Å². The molecule has 2 bridgehead atoms. The number of carbonyl (C=O) groups is 3. The monoisotopic (exact) mass is 581 g/mol. The van der Waals surface area contributed by atoms with Crippen LogP contribution in [-0.4, -0.2) is 80.4 Å². The molecule has 4 rings (SSSR count). The van der Waals surface area contributed by atoms with E-state index in [2.05, 4.69) is 47.8 Å². The number of amides is 3. The van der Waals surface area contributed by atoms with Gasteiger partial charge in [-0.05, 0) is 57.1 Å². The van der Waals surface area contributed by atoms with Crippen LogP contribution in [0.5, 0.6) is 0 Å². The van der Waals surface area contributed by atoms with E-state index in [4.69, 9.17) is 0 Å². The molecule has 3 aliphatic heterocycles. The molecule has 8 heteroatoms. The molecule has 5 atom stereocenters. The first-order valence-corrected chi connectivity index (χ1v) is 15.7. The number of fused-ring (bicyclic) bond motifs is 1. The number of thioether (sulfide) groups is 1. The molecule has 1 spiro atoms. The van der Waals surface area contributed by atoms with Gasteiger partial charge in [0.1, 0.15) is 6.04 Å². The highest BCUT2D eigenvalue weighted by Gasteiger charge is 2.74. The summed E-state index contributed by atoms with van der Waals surface area (Å²) in [5.41, 5.74) is 0.278. The molecule has 0 aliphatic carbocycles. The van der Waals surface area contributed by atoms with Gasteiger partial charge in [-0.25, -0.2) is 0 Å². The lowest BCUT2D eigenvalue weighted by Crippen LogP contribution is -2.60. The summed E-state index contributed by atoms with van der Waals surface area (Å²) < 4.78 is -0.678. The van der Waals surface area contributed by atoms with Crippen LogP contribution in [0.2, 0.25) is 0 Å². The van der Waals surface area contributed by atoms with Crippen molar-refractivity contribution in [2.45, 2.75) is 81.9 Å². The third-order valence-corrected chi connectivity index (χ3v) is 10.7. The molecule has 3 amide bonds. The van der Waals surface area contributed by atoms with E-state index in [0.29, 0.717) is 25.9 Å². The van der Waals surface area contributed by atoms with E-state index in [9.17, 15) is 19.5 Å². The fourth-order valence-corrected chi connectivity index (χ4v) is 9.95. The minimum atomic E-state index is -0.692. The first kappa shape index (κ1) is 31.4. The van der Waals surface area contributed by atoms with Crippen LogP contribution < -0.4 is 4.90 Å². The Morgan fingerprint density at radius 2 is 1.76 bits per heavy atom. The zero-order valence-electron chi connectivity index (χ0n) is 25.3. The molecule has 0 saturated carbocycles. The lowest BCUT2D eigenvalue weighted by atomic mass is 9.70. The Bertz CT molecular complexity index is 1160. The van der Waals surface area contributed by atoms with Crippen molar-refractivity contribution in [3.8, 4) is 0 Å². The van der Waals surface area contributed by atoms with Crippen LogP contribution in [0.3, 0.4) is 0 Å². The van der Waals surface area contributed by atoms with Crippen molar-refractivity contribution < 1.29 is 19.5 Å². The van der Waals surface area contributed by atoms with E-state index in [-0.39, 0.29) is 41.5 Å². The van der Waals surface area contributed by atoms with Gasteiger partial charge in [-0.15, -0.1) is 24.9 Å². The molecule has 2 unspecified atom stereocenters. The van der Waals surface area contributed by atoms with Gasteiger partial charge in [-0.3, -0.25) is 14.4 Å². The van der Waals surface area contributed by atoms with Crippen LogP contribution in [0.15, 0.2) is 55.6 Å². The van der Waals surface area contributed by atoms with Crippen molar-refractivity contribution in [1.82, 2.24) is 9.80 Å². The lowest BCUT2D eigenvalue weighted by molar-refractivity contribution is -0.146. The van der Waals surface area contributed by atoms with Gasteiger partial charge in [-0.1, -0.05) is 51.1 Å². The zero-order valence-corrected chi connectivity index (χ0v) is 26.2. The number of rotatable bonds is 12. The van der Waals surface area contributed by atoms with Gasteiger partial charge in [0, 0.05) is 42.7 Å². The smallest absolute Gasteiger partial charge is 0.247 e. The topological polar surface area (TPSA) is 81.2 Å². The minimum absolute atomic E-state index is 0.0176. The molecule has 41 heavy (non-hydrogen) atoms. The summed E-state index contributed by atoms with van der Waals surface area (Å²) in [4.78, 5) is 48.7. The van der Waals surface area contributed by atoms with Crippen molar-refractivity contribution in [3.05, 3.63) is 55.6 Å². The predicted octanol–water partition coefficient (Wildman–Crippen LogP) is 4.91. The number of para-hydroxylation sites is 1. The molecule has 3 heterocycles. The summed E-state index contributed by atoms with van der Waals surface area (Å²) in [6.45, 7) is 19.4. The van der Waals surface area contributed by atoms with Gasteiger partial charge in [-0.2, -0.15) is 0 Å².